The summed E-state index contributed by atoms with van der Waals surface area (Å²) in [5.74, 6) is 0.875. The Balaban J connectivity index is 1.83. The van der Waals surface area contributed by atoms with Gasteiger partial charge < -0.3 is 4.74 Å². The maximum atomic E-state index is 12.9. The lowest BCUT2D eigenvalue weighted by molar-refractivity contribution is 0.129. The van der Waals surface area contributed by atoms with E-state index in [1.165, 1.54) is 12.8 Å². The number of thioether (sulfide) groups is 1. The van der Waals surface area contributed by atoms with Crippen LogP contribution in [-0.4, -0.2) is 28.0 Å². The van der Waals surface area contributed by atoms with E-state index in [9.17, 15) is 4.79 Å². The Kier molecular flexibility index (Phi) is 6.32. The van der Waals surface area contributed by atoms with Crippen LogP contribution in [0.15, 0.2) is 34.2 Å². The molecule has 130 valence electrons. The van der Waals surface area contributed by atoms with E-state index < -0.39 is 0 Å². The summed E-state index contributed by atoms with van der Waals surface area (Å²) in [6, 6.07) is 7.65. The summed E-state index contributed by atoms with van der Waals surface area (Å²) in [5.41, 5.74) is 0.883. The van der Waals surface area contributed by atoms with Gasteiger partial charge in [-0.1, -0.05) is 50.1 Å². The maximum Gasteiger partial charge on any atom is 0.262 e. The molecule has 1 aliphatic heterocycles. The van der Waals surface area contributed by atoms with Crippen LogP contribution in [0.3, 0.4) is 0 Å². The third kappa shape index (κ3) is 4.19. The van der Waals surface area contributed by atoms with Crippen LogP contribution in [0.2, 0.25) is 0 Å². The van der Waals surface area contributed by atoms with Crippen molar-refractivity contribution in [2.75, 3.05) is 12.4 Å². The zero-order chi connectivity index (χ0) is 16.8. The molecule has 0 bridgehead atoms. The van der Waals surface area contributed by atoms with Crippen molar-refractivity contribution in [3.05, 3.63) is 34.6 Å². The number of fused-ring (bicyclic) bond motifs is 1. The van der Waals surface area contributed by atoms with E-state index in [0.717, 1.165) is 60.6 Å². The van der Waals surface area contributed by atoms with E-state index >= 15 is 0 Å². The SMILES string of the molecule is CCCCCCn1c(SCC2CCCO2)nc2ccccc2c1=O. The van der Waals surface area contributed by atoms with Crippen LogP contribution in [0.1, 0.15) is 45.4 Å². The number of benzene rings is 1. The fraction of sp³-hybridized carbons (Fsp3) is 0.579. The molecule has 24 heavy (non-hydrogen) atoms. The van der Waals surface area contributed by atoms with Gasteiger partial charge in [0.2, 0.25) is 0 Å². The Labute approximate surface area is 147 Å². The molecule has 0 saturated carbocycles. The number of nitrogens with zero attached hydrogens (tertiary/aromatic N) is 2. The van der Waals surface area contributed by atoms with E-state index in [4.69, 9.17) is 9.72 Å². The van der Waals surface area contributed by atoms with Crippen LogP contribution < -0.4 is 5.56 Å². The Bertz CT molecular complexity index is 723. The van der Waals surface area contributed by atoms with Gasteiger partial charge in [-0.2, -0.15) is 0 Å². The predicted octanol–water partition coefficient (Wildman–Crippen LogP) is 4.25. The summed E-state index contributed by atoms with van der Waals surface area (Å²) >= 11 is 1.66. The summed E-state index contributed by atoms with van der Waals surface area (Å²) in [5, 5.41) is 1.56. The topological polar surface area (TPSA) is 44.1 Å². The van der Waals surface area contributed by atoms with E-state index in [1.54, 1.807) is 11.8 Å². The molecule has 5 heteroatoms. The third-order valence-corrected chi connectivity index (χ3v) is 5.59. The monoisotopic (exact) mass is 346 g/mol. The van der Waals surface area contributed by atoms with Gasteiger partial charge in [0.25, 0.3) is 5.56 Å². The lowest BCUT2D eigenvalue weighted by Crippen LogP contribution is -2.24. The maximum absolute atomic E-state index is 12.9. The second-order valence-corrected chi connectivity index (χ2v) is 7.36. The minimum absolute atomic E-state index is 0.0898. The van der Waals surface area contributed by atoms with Crippen molar-refractivity contribution in [2.45, 2.75) is 63.3 Å². The van der Waals surface area contributed by atoms with Gasteiger partial charge in [-0.3, -0.25) is 9.36 Å². The standard InChI is InChI=1S/C19H26N2O2S/c1-2-3-4-7-12-21-18(22)16-10-5-6-11-17(16)20-19(21)24-14-15-9-8-13-23-15/h5-6,10-11,15H,2-4,7-9,12-14H2,1H3. The van der Waals surface area contributed by atoms with Crippen LogP contribution in [0.4, 0.5) is 0 Å². The summed E-state index contributed by atoms with van der Waals surface area (Å²) in [7, 11) is 0. The van der Waals surface area contributed by atoms with Crippen molar-refractivity contribution in [3.8, 4) is 0 Å². The van der Waals surface area contributed by atoms with Gasteiger partial charge in [-0.15, -0.1) is 0 Å². The van der Waals surface area contributed by atoms with Crippen LogP contribution in [0, 0.1) is 0 Å². The molecule has 4 nitrogen and oxygen atoms in total. The number of ether oxygens (including phenoxy) is 1. The number of aromatic nitrogens is 2. The van der Waals surface area contributed by atoms with Crippen molar-refractivity contribution in [1.29, 1.82) is 0 Å². The van der Waals surface area contributed by atoms with Gasteiger partial charge in [0.05, 0.1) is 17.0 Å². The Morgan fingerprint density at radius 3 is 2.96 bits per heavy atom. The zero-order valence-corrected chi connectivity index (χ0v) is 15.2. The highest BCUT2D eigenvalue weighted by Crippen LogP contribution is 2.23. The third-order valence-electron chi connectivity index (χ3n) is 4.48. The second kappa shape index (κ2) is 8.67. The first-order valence-corrected chi connectivity index (χ1v) is 10.0. The van der Waals surface area contributed by atoms with E-state index in [0.29, 0.717) is 6.10 Å². The van der Waals surface area contributed by atoms with E-state index in [-0.39, 0.29) is 5.56 Å². The molecule has 3 rings (SSSR count). The van der Waals surface area contributed by atoms with Crippen LogP contribution in [0.5, 0.6) is 0 Å². The number of rotatable bonds is 8. The molecule has 1 aromatic heterocycles. The predicted molar refractivity (Wildman–Crippen MR) is 99.8 cm³/mol. The Morgan fingerprint density at radius 1 is 1.29 bits per heavy atom. The number of hydrogen-bond acceptors (Lipinski definition) is 4. The second-order valence-electron chi connectivity index (χ2n) is 6.38. The summed E-state index contributed by atoms with van der Waals surface area (Å²) in [4.78, 5) is 17.7. The van der Waals surface area contributed by atoms with E-state index in [1.807, 2.05) is 28.8 Å². The molecule has 0 amide bonds. The molecule has 1 saturated heterocycles. The first-order valence-electron chi connectivity index (χ1n) is 9.03. The molecule has 1 aromatic carbocycles. The molecule has 1 unspecified atom stereocenters. The van der Waals surface area contributed by atoms with Gasteiger partial charge in [0, 0.05) is 18.9 Å². The van der Waals surface area contributed by atoms with Crippen molar-refractivity contribution in [3.63, 3.8) is 0 Å². The highest BCUT2D eigenvalue weighted by atomic mass is 32.2. The molecule has 0 N–H and O–H groups in total. The molecule has 2 heterocycles. The average molecular weight is 346 g/mol. The summed E-state index contributed by atoms with van der Waals surface area (Å²) in [6.45, 7) is 3.82. The summed E-state index contributed by atoms with van der Waals surface area (Å²) in [6.07, 6.45) is 7.15. The molecular formula is C19H26N2O2S. The molecule has 1 fully saturated rings. The number of para-hydroxylation sites is 1. The first kappa shape index (κ1) is 17.5. The molecule has 2 aromatic rings. The molecular weight excluding hydrogens is 320 g/mol. The Hall–Kier alpha value is -1.33. The molecule has 0 aliphatic carbocycles. The lowest BCUT2D eigenvalue weighted by Gasteiger charge is -2.14. The van der Waals surface area contributed by atoms with Gasteiger partial charge in [-0.25, -0.2) is 4.98 Å². The quantitative estimate of drug-likeness (QED) is 0.407. The molecule has 0 radical (unpaired) electrons. The molecule has 1 aliphatic rings. The number of unbranched alkanes of at least 4 members (excludes halogenated alkanes) is 3. The van der Waals surface area contributed by atoms with Gasteiger partial charge >= 0.3 is 0 Å². The number of hydrogen-bond donors (Lipinski definition) is 0. The van der Waals surface area contributed by atoms with Gasteiger partial charge in [-0.05, 0) is 31.4 Å². The minimum atomic E-state index is 0.0898. The van der Waals surface area contributed by atoms with Crippen LogP contribution in [0.25, 0.3) is 10.9 Å². The van der Waals surface area contributed by atoms with Crippen LogP contribution >= 0.6 is 11.8 Å². The van der Waals surface area contributed by atoms with Crippen molar-refractivity contribution in [2.24, 2.45) is 0 Å². The molecule has 1 atom stereocenters. The average Bonchev–Trinajstić information content (AvgIpc) is 3.12. The van der Waals surface area contributed by atoms with Crippen molar-refractivity contribution in [1.82, 2.24) is 9.55 Å². The minimum Gasteiger partial charge on any atom is -0.377 e. The fourth-order valence-corrected chi connectivity index (χ4v) is 4.19. The highest BCUT2D eigenvalue weighted by molar-refractivity contribution is 7.99. The smallest absolute Gasteiger partial charge is 0.262 e. The first-order chi connectivity index (χ1) is 11.8. The van der Waals surface area contributed by atoms with Gasteiger partial charge in [0.1, 0.15) is 0 Å². The largest absolute Gasteiger partial charge is 0.377 e. The Morgan fingerprint density at radius 2 is 2.17 bits per heavy atom. The normalized spacial score (nSPS) is 17.6. The lowest BCUT2D eigenvalue weighted by atomic mass is 10.2. The molecule has 0 spiro atoms. The van der Waals surface area contributed by atoms with E-state index in [2.05, 4.69) is 6.92 Å². The van der Waals surface area contributed by atoms with Gasteiger partial charge in [0.15, 0.2) is 5.16 Å². The fourth-order valence-electron chi connectivity index (χ4n) is 3.09. The zero-order valence-electron chi connectivity index (χ0n) is 14.4. The van der Waals surface area contributed by atoms with Crippen molar-refractivity contribution >= 4 is 22.7 Å². The van der Waals surface area contributed by atoms with Crippen LogP contribution in [-0.2, 0) is 11.3 Å². The summed E-state index contributed by atoms with van der Waals surface area (Å²) < 4.78 is 7.58. The highest BCUT2D eigenvalue weighted by Gasteiger charge is 2.18. The van der Waals surface area contributed by atoms with Crippen molar-refractivity contribution < 1.29 is 4.74 Å².